The Balaban J connectivity index is 1.67. The Morgan fingerprint density at radius 2 is 2.31 bits per heavy atom. The van der Waals surface area contributed by atoms with Crippen molar-refractivity contribution in [2.24, 2.45) is 5.92 Å². The van der Waals surface area contributed by atoms with E-state index >= 15 is 0 Å². The Hall–Kier alpha value is -2.66. The van der Waals surface area contributed by atoms with E-state index in [9.17, 15) is 9.59 Å². The van der Waals surface area contributed by atoms with Crippen molar-refractivity contribution >= 4 is 46.4 Å². The van der Waals surface area contributed by atoms with Crippen LogP contribution in [0.5, 0.6) is 0 Å². The molecule has 4 nitrogen and oxygen atoms in total. The normalized spacial score (nSPS) is 24.8. The summed E-state index contributed by atoms with van der Waals surface area (Å²) >= 11 is 12.5. The van der Waals surface area contributed by atoms with Crippen LogP contribution in [0, 0.1) is 30.1 Å². The summed E-state index contributed by atoms with van der Waals surface area (Å²) in [6.45, 7) is 0. The van der Waals surface area contributed by atoms with Gasteiger partial charge in [-0.25, -0.2) is 0 Å². The predicted molar refractivity (Wildman–Crippen MR) is 102 cm³/mol. The Labute approximate surface area is 160 Å². The number of terminal acetylenes is 1. The molecule has 0 aromatic heterocycles. The fourth-order valence-corrected chi connectivity index (χ4v) is 4.05. The summed E-state index contributed by atoms with van der Waals surface area (Å²) in [7, 11) is 0. The zero-order valence-electron chi connectivity index (χ0n) is 13.5. The van der Waals surface area contributed by atoms with Gasteiger partial charge in [-0.15, -0.1) is 6.42 Å². The number of benzene rings is 1. The monoisotopic (exact) mass is 382 g/mol. The first kappa shape index (κ1) is 16.8. The van der Waals surface area contributed by atoms with E-state index in [1.807, 2.05) is 6.08 Å². The third kappa shape index (κ3) is 2.20. The number of rotatable bonds is 3. The van der Waals surface area contributed by atoms with Gasteiger partial charge in [-0.3, -0.25) is 14.0 Å². The highest BCUT2D eigenvalue weighted by Gasteiger charge is 2.62. The van der Waals surface area contributed by atoms with Gasteiger partial charge in [0, 0.05) is 35.8 Å². The lowest BCUT2D eigenvalue weighted by Crippen LogP contribution is -2.55. The lowest BCUT2D eigenvalue weighted by Gasteiger charge is -2.45. The van der Waals surface area contributed by atoms with Crippen LogP contribution in [0.25, 0.3) is 0 Å². The van der Waals surface area contributed by atoms with E-state index in [0.29, 0.717) is 34.0 Å². The summed E-state index contributed by atoms with van der Waals surface area (Å²) in [6, 6.07) is 3.40. The van der Waals surface area contributed by atoms with Crippen molar-refractivity contribution < 1.29 is 9.59 Å². The molecule has 0 saturated carbocycles. The number of nitrogens with zero attached hydrogens (tertiary/aromatic N) is 1. The summed E-state index contributed by atoms with van der Waals surface area (Å²) in [5.74, 6) is 7.18. The van der Waals surface area contributed by atoms with Gasteiger partial charge in [0.15, 0.2) is 11.3 Å². The molecule has 1 aromatic carbocycles. The molecule has 0 fully saturated rings. The van der Waals surface area contributed by atoms with E-state index in [-0.39, 0.29) is 18.1 Å². The molecule has 2 unspecified atom stereocenters. The van der Waals surface area contributed by atoms with Gasteiger partial charge in [-0.1, -0.05) is 41.5 Å². The van der Waals surface area contributed by atoms with Gasteiger partial charge in [0.05, 0.1) is 22.3 Å². The molecule has 1 aromatic rings. The summed E-state index contributed by atoms with van der Waals surface area (Å²) in [6.07, 6.45) is 11.0. The van der Waals surface area contributed by atoms with E-state index < -0.39 is 11.5 Å². The number of carbonyl (C=O) groups is 2. The third-order valence-corrected chi connectivity index (χ3v) is 5.59. The Bertz CT molecular complexity index is 1020. The third-order valence-electron chi connectivity index (χ3n) is 4.80. The number of anilines is 2. The lowest BCUT2D eigenvalue weighted by molar-refractivity contribution is -0.128. The molecule has 1 aliphatic carbocycles. The van der Waals surface area contributed by atoms with Crippen LogP contribution in [0.2, 0.25) is 5.02 Å². The first-order valence-electron chi connectivity index (χ1n) is 7.95. The molecule has 6 heteroatoms. The first-order chi connectivity index (χ1) is 12.5. The van der Waals surface area contributed by atoms with Gasteiger partial charge in [0.25, 0.3) is 5.91 Å². The fourth-order valence-electron chi connectivity index (χ4n) is 3.48. The highest BCUT2D eigenvalue weighted by molar-refractivity contribution is 6.39. The van der Waals surface area contributed by atoms with Gasteiger partial charge in [0.2, 0.25) is 0 Å². The zero-order valence-corrected chi connectivity index (χ0v) is 15.0. The summed E-state index contributed by atoms with van der Waals surface area (Å²) in [4.78, 5) is 25.6. The predicted octanol–water partition coefficient (Wildman–Crippen LogP) is 3.56. The standard InChI is InChI=1S/C20H12Cl2N2O2/c1-2-12-5-3-4-6-13(8-7-12)16(25)11-20-17-15(24(20)22)10-9-14(21)18(17)23-19(20)26/h1,5,7-10,13H,3,11H2,(H,23,26). The molecular formula is C20H12Cl2N2O2. The van der Waals surface area contributed by atoms with Gasteiger partial charge < -0.3 is 5.32 Å². The second-order valence-corrected chi connectivity index (χ2v) is 6.97. The number of Topliss-reactive ketones (excluding diaryl/α,β-unsaturated/α-hetero) is 1. The molecule has 0 bridgehead atoms. The molecule has 2 aliphatic heterocycles. The molecule has 0 radical (unpaired) electrons. The van der Waals surface area contributed by atoms with Crippen molar-refractivity contribution in [2.45, 2.75) is 18.4 Å². The minimum atomic E-state index is -1.24. The van der Waals surface area contributed by atoms with Crippen molar-refractivity contribution in [1.29, 1.82) is 0 Å². The summed E-state index contributed by atoms with van der Waals surface area (Å²) in [5, 5.41) is 3.17. The largest absolute Gasteiger partial charge is 0.322 e. The Morgan fingerprint density at radius 3 is 3.08 bits per heavy atom. The molecule has 26 heavy (non-hydrogen) atoms. The maximum atomic E-state index is 12.9. The van der Waals surface area contributed by atoms with Crippen LogP contribution in [0.4, 0.5) is 11.4 Å². The number of ketones is 1. The number of halogens is 2. The van der Waals surface area contributed by atoms with Crippen LogP contribution in [-0.2, 0) is 15.1 Å². The summed E-state index contributed by atoms with van der Waals surface area (Å²) in [5.41, 5.74) is 1.31. The molecule has 0 spiro atoms. The van der Waals surface area contributed by atoms with Crippen LogP contribution in [0.15, 0.2) is 35.9 Å². The van der Waals surface area contributed by atoms with Gasteiger partial charge in [0.1, 0.15) is 0 Å². The number of hydrogen-bond donors (Lipinski definition) is 1. The van der Waals surface area contributed by atoms with Crippen LogP contribution < -0.4 is 9.74 Å². The molecular weight excluding hydrogens is 371 g/mol. The van der Waals surface area contributed by atoms with Crippen LogP contribution in [0.3, 0.4) is 0 Å². The van der Waals surface area contributed by atoms with E-state index in [1.165, 1.54) is 4.42 Å². The Morgan fingerprint density at radius 1 is 1.50 bits per heavy atom. The van der Waals surface area contributed by atoms with Crippen molar-refractivity contribution in [1.82, 2.24) is 0 Å². The van der Waals surface area contributed by atoms with Crippen LogP contribution in [-0.4, -0.2) is 11.7 Å². The minimum Gasteiger partial charge on any atom is -0.322 e. The molecule has 4 rings (SSSR count). The maximum absolute atomic E-state index is 12.9. The number of hydrogen-bond acceptors (Lipinski definition) is 3. The summed E-state index contributed by atoms with van der Waals surface area (Å²) < 4.78 is 1.31. The molecule has 2 heterocycles. The van der Waals surface area contributed by atoms with E-state index in [2.05, 4.69) is 23.1 Å². The van der Waals surface area contributed by atoms with E-state index in [0.717, 1.165) is 0 Å². The van der Waals surface area contributed by atoms with Crippen LogP contribution >= 0.6 is 23.4 Å². The molecule has 1 amide bonds. The Kier molecular flexibility index (Phi) is 3.84. The second-order valence-electron chi connectivity index (χ2n) is 6.22. The zero-order chi connectivity index (χ0) is 18.5. The topological polar surface area (TPSA) is 49.4 Å². The molecule has 128 valence electrons. The molecule has 1 N–H and O–H groups in total. The maximum Gasteiger partial charge on any atom is 0.256 e. The van der Waals surface area contributed by atoms with Crippen molar-refractivity contribution in [2.75, 3.05) is 9.74 Å². The fraction of sp³-hybridized carbons (Fsp3) is 0.200. The molecule has 3 aliphatic rings. The molecule has 2 atom stereocenters. The second kappa shape index (κ2) is 5.95. The van der Waals surface area contributed by atoms with Gasteiger partial charge >= 0.3 is 0 Å². The van der Waals surface area contributed by atoms with E-state index in [4.69, 9.17) is 29.8 Å². The minimum absolute atomic E-state index is 0.0958. The van der Waals surface area contributed by atoms with Crippen molar-refractivity contribution in [3.8, 4) is 24.2 Å². The lowest BCUT2D eigenvalue weighted by atomic mass is 9.76. The van der Waals surface area contributed by atoms with Crippen molar-refractivity contribution in [3.05, 3.63) is 46.5 Å². The van der Waals surface area contributed by atoms with Crippen LogP contribution in [0.1, 0.15) is 18.4 Å². The smallest absolute Gasteiger partial charge is 0.256 e. The van der Waals surface area contributed by atoms with Gasteiger partial charge in [-0.2, -0.15) is 0 Å². The quantitative estimate of drug-likeness (QED) is 0.642. The average molecular weight is 383 g/mol. The number of nitrogens with one attached hydrogen (secondary N) is 1. The van der Waals surface area contributed by atoms with Crippen molar-refractivity contribution in [3.63, 3.8) is 0 Å². The highest BCUT2D eigenvalue weighted by atomic mass is 35.5. The average Bonchev–Trinajstić information content (AvgIpc) is 2.87. The highest BCUT2D eigenvalue weighted by Crippen LogP contribution is 2.60. The number of amides is 1. The van der Waals surface area contributed by atoms with E-state index in [1.54, 1.807) is 24.3 Å². The first-order valence-corrected chi connectivity index (χ1v) is 8.67. The number of allylic oxidation sites excluding steroid dienone is 4. The van der Waals surface area contributed by atoms with Gasteiger partial charge in [-0.05, 0) is 18.2 Å². The molecule has 0 saturated heterocycles. The SMILES string of the molecule is C#CC1=CCC#CC(C(=O)CC23C(=O)Nc4c(Cl)ccc(c42)N3Cl)C=C1. The number of carbonyl (C=O) groups excluding carboxylic acids is 2.